The highest BCUT2D eigenvalue weighted by atomic mass is 32.2. The maximum absolute atomic E-state index is 13.1. The van der Waals surface area contributed by atoms with Crippen LogP contribution in [0.15, 0.2) is 64.7 Å². The van der Waals surface area contributed by atoms with Crippen LogP contribution in [0.4, 0.5) is 0 Å². The maximum Gasteiger partial charge on any atom is 0.276 e. The lowest BCUT2D eigenvalue weighted by Gasteiger charge is -2.33. The van der Waals surface area contributed by atoms with Gasteiger partial charge in [-0.05, 0) is 12.5 Å². The van der Waals surface area contributed by atoms with Gasteiger partial charge in [-0.25, -0.2) is 10.0 Å². The summed E-state index contributed by atoms with van der Waals surface area (Å²) in [5.74, 6) is 0.366. The lowest BCUT2D eigenvalue weighted by atomic mass is 10.1. The van der Waals surface area contributed by atoms with Crippen molar-refractivity contribution in [3.63, 3.8) is 0 Å². The van der Waals surface area contributed by atoms with Crippen molar-refractivity contribution in [2.24, 2.45) is 10.1 Å². The molecule has 0 fully saturated rings. The van der Waals surface area contributed by atoms with Gasteiger partial charge in [-0.3, -0.25) is 14.9 Å². The number of hydrogen-bond acceptors (Lipinski definition) is 6. The van der Waals surface area contributed by atoms with Crippen molar-refractivity contribution in [3.05, 3.63) is 70.7 Å². The van der Waals surface area contributed by atoms with Crippen LogP contribution in [0, 0.1) is 0 Å². The minimum atomic E-state index is -0.902. The summed E-state index contributed by atoms with van der Waals surface area (Å²) in [6.45, 7) is 2.06. The summed E-state index contributed by atoms with van der Waals surface area (Å²) in [5, 5.41) is 10.6. The number of hydrogen-bond donors (Lipinski definition) is 1. The molecule has 0 bridgehead atoms. The highest BCUT2D eigenvalue weighted by Gasteiger charge is 2.37. The monoisotopic (exact) mass is 378 g/mol. The minimum Gasteiger partial charge on any atom is -0.298 e. The molecule has 136 valence electrons. The highest BCUT2D eigenvalue weighted by molar-refractivity contribution is 8.13. The normalized spacial score (nSPS) is 18.0. The van der Waals surface area contributed by atoms with Crippen molar-refractivity contribution in [3.8, 4) is 0 Å². The van der Waals surface area contributed by atoms with Crippen LogP contribution in [0.2, 0.25) is 0 Å². The molecule has 2 aromatic rings. The number of benzene rings is 2. The first kappa shape index (κ1) is 17.5. The average Bonchev–Trinajstić information content (AvgIpc) is 2.71. The van der Waals surface area contributed by atoms with Crippen molar-refractivity contribution >= 4 is 34.3 Å². The number of hydrazone groups is 1. The van der Waals surface area contributed by atoms with E-state index < -0.39 is 6.17 Å². The summed E-state index contributed by atoms with van der Waals surface area (Å²) < 4.78 is 0. The third-order valence-electron chi connectivity index (χ3n) is 4.25. The second kappa shape index (κ2) is 7.36. The third-order valence-corrected chi connectivity index (χ3v) is 5.32. The second-order valence-electron chi connectivity index (χ2n) is 6.15. The van der Waals surface area contributed by atoms with Gasteiger partial charge in [0.25, 0.3) is 5.91 Å². The van der Waals surface area contributed by atoms with Gasteiger partial charge >= 0.3 is 0 Å². The standard InChI is InChI=1S/C20H18N4O2S/c1-2-12-27-20-22-19(26)16-14-10-6-7-11-15(14)21-18(24(16)23-20)17(25)13-8-4-3-5-9-13/h3-11,18H,2,12H2,1H3,(H,22,23,26). The zero-order valence-electron chi connectivity index (χ0n) is 14.8. The summed E-state index contributed by atoms with van der Waals surface area (Å²) in [5.41, 5.74) is 0.893. The third kappa shape index (κ3) is 3.26. The molecule has 1 atom stereocenters. The number of rotatable bonds is 4. The number of ketones is 1. The quantitative estimate of drug-likeness (QED) is 0.818. The Morgan fingerprint density at radius 3 is 2.67 bits per heavy atom. The van der Waals surface area contributed by atoms with E-state index in [0.29, 0.717) is 27.0 Å². The molecule has 2 aliphatic heterocycles. The molecule has 4 rings (SSSR count). The zero-order valence-corrected chi connectivity index (χ0v) is 15.6. The smallest absolute Gasteiger partial charge is 0.276 e. The topological polar surface area (TPSA) is 74.1 Å². The van der Waals surface area contributed by atoms with Crippen LogP contribution >= 0.6 is 11.8 Å². The van der Waals surface area contributed by atoms with E-state index in [4.69, 9.17) is 0 Å². The number of carbonyl (C=O) groups excluding carboxylic acids is 2. The summed E-state index contributed by atoms with van der Waals surface area (Å²) in [6, 6.07) is 16.3. The van der Waals surface area contributed by atoms with Gasteiger partial charge in [-0.1, -0.05) is 67.2 Å². The van der Waals surface area contributed by atoms with E-state index >= 15 is 0 Å². The number of amides is 1. The largest absolute Gasteiger partial charge is 0.298 e. The van der Waals surface area contributed by atoms with E-state index in [1.807, 2.05) is 42.5 Å². The number of fused-ring (bicyclic) bond motifs is 2. The van der Waals surface area contributed by atoms with Gasteiger partial charge in [0.15, 0.2) is 5.17 Å². The maximum atomic E-state index is 13.1. The van der Waals surface area contributed by atoms with Gasteiger partial charge in [0.1, 0.15) is 5.70 Å². The van der Waals surface area contributed by atoms with Crippen LogP contribution in [-0.4, -0.2) is 33.8 Å². The lowest BCUT2D eigenvalue weighted by molar-refractivity contribution is -0.115. The van der Waals surface area contributed by atoms with Gasteiger partial charge in [0.05, 0.1) is 5.36 Å². The molecule has 0 aromatic heterocycles. The Morgan fingerprint density at radius 2 is 1.89 bits per heavy atom. The van der Waals surface area contributed by atoms with Crippen molar-refractivity contribution in [1.82, 2.24) is 10.3 Å². The van der Waals surface area contributed by atoms with Crippen molar-refractivity contribution in [1.29, 1.82) is 0 Å². The number of nitrogens with one attached hydrogen (secondary N) is 1. The molecule has 2 aromatic carbocycles. The van der Waals surface area contributed by atoms with E-state index in [-0.39, 0.29) is 11.7 Å². The SMILES string of the molecule is CCCSC1=NN2C(=c3ccccc3=NC2C(=O)c2ccccc2)C(=O)N1. The number of Topliss-reactive ketones (excluding diaryl/α,β-unsaturated/α-hetero) is 1. The Hall–Kier alpha value is -2.93. The summed E-state index contributed by atoms with van der Waals surface area (Å²) in [4.78, 5) is 30.6. The molecule has 6 nitrogen and oxygen atoms in total. The summed E-state index contributed by atoms with van der Waals surface area (Å²) in [6.07, 6.45) is 0.0518. The first-order chi connectivity index (χ1) is 13.2. The number of para-hydroxylation sites is 1. The molecule has 1 N–H and O–H groups in total. The Labute approximate surface area is 160 Å². The molecule has 2 aliphatic rings. The van der Waals surface area contributed by atoms with Crippen LogP contribution in [-0.2, 0) is 4.79 Å². The molecule has 7 heteroatoms. The summed E-state index contributed by atoms with van der Waals surface area (Å²) >= 11 is 1.46. The van der Waals surface area contributed by atoms with Crippen molar-refractivity contribution < 1.29 is 9.59 Å². The number of nitrogens with zero attached hydrogens (tertiary/aromatic N) is 3. The molecule has 0 aliphatic carbocycles. The van der Waals surface area contributed by atoms with Crippen LogP contribution in [0.5, 0.6) is 0 Å². The molecule has 27 heavy (non-hydrogen) atoms. The van der Waals surface area contributed by atoms with Gasteiger partial charge in [0, 0.05) is 16.5 Å². The molecule has 0 spiro atoms. The Morgan fingerprint density at radius 1 is 1.15 bits per heavy atom. The Kier molecular flexibility index (Phi) is 4.77. The van der Waals surface area contributed by atoms with Crippen LogP contribution in [0.3, 0.4) is 0 Å². The zero-order chi connectivity index (χ0) is 18.8. The highest BCUT2D eigenvalue weighted by Crippen LogP contribution is 2.23. The molecule has 2 heterocycles. The fraction of sp³-hybridized carbons (Fsp3) is 0.200. The predicted molar refractivity (Wildman–Crippen MR) is 105 cm³/mol. The van der Waals surface area contributed by atoms with Crippen molar-refractivity contribution in [2.45, 2.75) is 19.5 Å². The van der Waals surface area contributed by atoms with E-state index in [0.717, 1.165) is 12.2 Å². The second-order valence-corrected chi connectivity index (χ2v) is 7.23. The fourth-order valence-corrected chi connectivity index (χ4v) is 3.72. The molecular weight excluding hydrogens is 360 g/mol. The van der Waals surface area contributed by atoms with E-state index in [1.54, 1.807) is 12.1 Å². The van der Waals surface area contributed by atoms with Gasteiger partial charge in [0.2, 0.25) is 11.9 Å². The van der Waals surface area contributed by atoms with Crippen LogP contribution < -0.4 is 15.9 Å². The lowest BCUT2D eigenvalue weighted by Crippen LogP contribution is -2.54. The van der Waals surface area contributed by atoms with Crippen LogP contribution in [0.1, 0.15) is 23.7 Å². The van der Waals surface area contributed by atoms with Gasteiger partial charge in [-0.2, -0.15) is 0 Å². The van der Waals surface area contributed by atoms with Crippen molar-refractivity contribution in [2.75, 3.05) is 5.75 Å². The molecule has 0 saturated carbocycles. The Balaban J connectivity index is 1.86. The number of amidine groups is 1. The predicted octanol–water partition coefficient (Wildman–Crippen LogP) is 1.48. The molecule has 1 unspecified atom stereocenters. The number of carbonyl (C=O) groups is 2. The van der Waals surface area contributed by atoms with Gasteiger partial charge < -0.3 is 0 Å². The molecule has 0 radical (unpaired) electrons. The van der Waals surface area contributed by atoms with Gasteiger partial charge in [-0.15, -0.1) is 5.10 Å². The number of thioether (sulfide) groups is 1. The first-order valence-corrected chi connectivity index (χ1v) is 9.76. The molecular formula is C20H18N4O2S. The van der Waals surface area contributed by atoms with E-state index in [1.165, 1.54) is 16.8 Å². The summed E-state index contributed by atoms with van der Waals surface area (Å²) in [7, 11) is 0. The van der Waals surface area contributed by atoms with E-state index in [9.17, 15) is 9.59 Å². The van der Waals surface area contributed by atoms with E-state index in [2.05, 4.69) is 22.3 Å². The fourth-order valence-electron chi connectivity index (χ4n) is 3.01. The molecule has 0 saturated heterocycles. The Bertz CT molecular complexity index is 1050. The minimum absolute atomic E-state index is 0.194. The average molecular weight is 378 g/mol. The molecule has 1 amide bonds. The first-order valence-electron chi connectivity index (χ1n) is 8.77. The van der Waals surface area contributed by atoms with Crippen LogP contribution in [0.25, 0.3) is 5.70 Å².